The molecule has 0 atom stereocenters. The highest BCUT2D eigenvalue weighted by atomic mass is 32.2. The van der Waals surface area contributed by atoms with Crippen LogP contribution in [0, 0.1) is 0 Å². The molecule has 3 aromatic rings. The first kappa shape index (κ1) is 20.4. The number of carbonyl (C=O) groups excluding carboxylic acids is 1. The number of hydrogen-bond acceptors (Lipinski definition) is 5. The Morgan fingerprint density at radius 2 is 2.00 bits per heavy atom. The standard InChI is InChI=1S/C22H22N2O4S2/c1-2-28-20-9-4-3-8-18(20)22(25)23-17-11-12-19-16(15-17)7-5-13-24(19)30(26,27)21-10-6-14-29-21/h3-4,6,8-12,14-15H,2,5,7,13H2,1H3,(H,23,25). The van der Waals surface area contributed by atoms with Crippen molar-refractivity contribution >= 4 is 38.6 Å². The first-order valence-corrected chi connectivity index (χ1v) is 12.0. The summed E-state index contributed by atoms with van der Waals surface area (Å²) in [4.78, 5) is 12.8. The molecular formula is C22H22N2O4S2. The number of amides is 1. The van der Waals surface area contributed by atoms with Gasteiger partial charge in [0, 0.05) is 12.2 Å². The van der Waals surface area contributed by atoms with Gasteiger partial charge in [-0.1, -0.05) is 18.2 Å². The van der Waals surface area contributed by atoms with Crippen molar-refractivity contribution in [3.8, 4) is 5.75 Å². The number of nitrogens with one attached hydrogen (secondary N) is 1. The zero-order chi connectivity index (χ0) is 21.1. The molecule has 4 rings (SSSR count). The normalized spacial score (nSPS) is 13.6. The van der Waals surface area contributed by atoms with E-state index in [-0.39, 0.29) is 5.91 Å². The highest BCUT2D eigenvalue weighted by molar-refractivity contribution is 7.94. The van der Waals surface area contributed by atoms with Crippen LogP contribution in [-0.2, 0) is 16.4 Å². The molecule has 0 saturated carbocycles. The maximum atomic E-state index is 13.0. The number of nitrogens with zero attached hydrogens (tertiary/aromatic N) is 1. The molecule has 1 aliphatic rings. The van der Waals surface area contributed by atoms with E-state index in [1.807, 2.05) is 19.1 Å². The van der Waals surface area contributed by atoms with Crippen LogP contribution in [0.5, 0.6) is 5.75 Å². The number of thiophene rings is 1. The molecule has 0 unspecified atom stereocenters. The number of fused-ring (bicyclic) bond motifs is 1. The van der Waals surface area contributed by atoms with Gasteiger partial charge in [0.2, 0.25) is 0 Å². The zero-order valence-corrected chi connectivity index (χ0v) is 18.1. The molecule has 0 radical (unpaired) electrons. The summed E-state index contributed by atoms with van der Waals surface area (Å²) in [5.41, 5.74) is 2.65. The van der Waals surface area contributed by atoms with Crippen molar-refractivity contribution < 1.29 is 17.9 Å². The van der Waals surface area contributed by atoms with Gasteiger partial charge in [0.1, 0.15) is 9.96 Å². The number of hydrogen-bond donors (Lipinski definition) is 1. The topological polar surface area (TPSA) is 75.7 Å². The maximum absolute atomic E-state index is 13.0. The molecular weight excluding hydrogens is 420 g/mol. The van der Waals surface area contributed by atoms with E-state index in [1.54, 1.807) is 47.8 Å². The van der Waals surface area contributed by atoms with Gasteiger partial charge in [0.05, 0.1) is 17.9 Å². The van der Waals surface area contributed by atoms with Gasteiger partial charge in [-0.05, 0) is 67.1 Å². The fourth-order valence-corrected chi connectivity index (χ4v) is 6.19. The first-order chi connectivity index (χ1) is 14.5. The molecule has 2 aromatic carbocycles. The molecule has 0 bridgehead atoms. The third-order valence-electron chi connectivity index (χ3n) is 4.88. The Kier molecular flexibility index (Phi) is 5.78. The highest BCUT2D eigenvalue weighted by Gasteiger charge is 2.30. The van der Waals surface area contributed by atoms with Crippen LogP contribution in [0.25, 0.3) is 0 Å². The van der Waals surface area contributed by atoms with E-state index in [1.165, 1.54) is 15.6 Å². The lowest BCUT2D eigenvalue weighted by Gasteiger charge is -2.30. The van der Waals surface area contributed by atoms with E-state index in [0.29, 0.717) is 40.0 Å². The second-order valence-electron chi connectivity index (χ2n) is 6.84. The Morgan fingerprint density at radius 3 is 2.77 bits per heavy atom. The van der Waals surface area contributed by atoms with Crippen LogP contribution in [-0.4, -0.2) is 27.5 Å². The number of rotatable bonds is 6. The average Bonchev–Trinajstić information content (AvgIpc) is 3.29. The van der Waals surface area contributed by atoms with Crippen LogP contribution in [0.4, 0.5) is 11.4 Å². The van der Waals surface area contributed by atoms with E-state index < -0.39 is 10.0 Å². The second kappa shape index (κ2) is 8.49. The summed E-state index contributed by atoms with van der Waals surface area (Å²) >= 11 is 1.21. The Labute approximate surface area is 180 Å². The number of anilines is 2. The molecule has 0 spiro atoms. The molecule has 0 fully saturated rings. The molecule has 8 heteroatoms. The Morgan fingerprint density at radius 1 is 1.17 bits per heavy atom. The predicted molar refractivity (Wildman–Crippen MR) is 119 cm³/mol. The SMILES string of the molecule is CCOc1ccccc1C(=O)Nc1ccc2c(c1)CCCN2S(=O)(=O)c1cccs1. The molecule has 30 heavy (non-hydrogen) atoms. The van der Waals surface area contributed by atoms with E-state index in [9.17, 15) is 13.2 Å². The van der Waals surface area contributed by atoms with E-state index in [4.69, 9.17) is 4.74 Å². The van der Waals surface area contributed by atoms with Crippen LogP contribution in [0.1, 0.15) is 29.3 Å². The Bertz CT molecular complexity index is 1160. The molecule has 1 aromatic heterocycles. The molecule has 0 saturated heterocycles. The maximum Gasteiger partial charge on any atom is 0.273 e. The lowest BCUT2D eigenvalue weighted by Crippen LogP contribution is -2.35. The summed E-state index contributed by atoms with van der Waals surface area (Å²) in [6, 6.07) is 15.8. The summed E-state index contributed by atoms with van der Waals surface area (Å²) in [6.07, 6.45) is 1.48. The van der Waals surface area contributed by atoms with Crippen molar-refractivity contribution in [3.05, 3.63) is 71.1 Å². The van der Waals surface area contributed by atoms with Crippen molar-refractivity contribution in [3.63, 3.8) is 0 Å². The number of para-hydroxylation sites is 1. The third kappa shape index (κ3) is 3.93. The van der Waals surface area contributed by atoms with Gasteiger partial charge < -0.3 is 10.1 Å². The van der Waals surface area contributed by atoms with Gasteiger partial charge in [0.15, 0.2) is 0 Å². The minimum absolute atomic E-state index is 0.266. The third-order valence-corrected chi connectivity index (χ3v) is 8.07. The lowest BCUT2D eigenvalue weighted by molar-refractivity contribution is 0.102. The number of benzene rings is 2. The fraction of sp³-hybridized carbons (Fsp3) is 0.227. The van der Waals surface area contributed by atoms with Crippen LogP contribution < -0.4 is 14.4 Å². The molecule has 6 nitrogen and oxygen atoms in total. The summed E-state index contributed by atoms with van der Waals surface area (Å²) in [6.45, 7) is 2.78. The monoisotopic (exact) mass is 442 g/mol. The van der Waals surface area contributed by atoms with Gasteiger partial charge in [-0.2, -0.15) is 0 Å². The molecule has 2 heterocycles. The zero-order valence-electron chi connectivity index (χ0n) is 16.5. The van der Waals surface area contributed by atoms with Gasteiger partial charge in [0.25, 0.3) is 15.9 Å². The minimum Gasteiger partial charge on any atom is -0.493 e. The summed E-state index contributed by atoms with van der Waals surface area (Å²) in [5, 5.41) is 4.66. The van der Waals surface area contributed by atoms with Gasteiger partial charge in [-0.3, -0.25) is 9.10 Å². The van der Waals surface area contributed by atoms with E-state index >= 15 is 0 Å². The minimum atomic E-state index is -3.57. The van der Waals surface area contributed by atoms with Crippen molar-refractivity contribution in [2.45, 2.75) is 24.0 Å². The second-order valence-corrected chi connectivity index (χ2v) is 9.88. The average molecular weight is 443 g/mol. The summed E-state index contributed by atoms with van der Waals surface area (Å²) < 4.78 is 33.4. The van der Waals surface area contributed by atoms with Gasteiger partial charge in [-0.15, -0.1) is 11.3 Å². The molecule has 1 amide bonds. The highest BCUT2D eigenvalue weighted by Crippen LogP contribution is 2.35. The van der Waals surface area contributed by atoms with Crippen molar-refractivity contribution in [2.24, 2.45) is 0 Å². The number of sulfonamides is 1. The predicted octanol–water partition coefficient (Wildman–Crippen LogP) is 4.54. The number of carbonyl (C=O) groups is 1. The van der Waals surface area contributed by atoms with Gasteiger partial charge >= 0.3 is 0 Å². The number of ether oxygens (including phenoxy) is 1. The van der Waals surface area contributed by atoms with E-state index in [0.717, 1.165) is 18.4 Å². The van der Waals surface area contributed by atoms with E-state index in [2.05, 4.69) is 5.32 Å². The first-order valence-electron chi connectivity index (χ1n) is 9.73. The lowest BCUT2D eigenvalue weighted by atomic mass is 10.0. The smallest absolute Gasteiger partial charge is 0.273 e. The quantitative estimate of drug-likeness (QED) is 0.608. The Balaban J connectivity index is 1.60. The molecule has 1 N–H and O–H groups in total. The van der Waals surface area contributed by atoms with Crippen LogP contribution in [0.3, 0.4) is 0 Å². The summed E-state index contributed by atoms with van der Waals surface area (Å²) in [5.74, 6) is 0.265. The molecule has 0 aliphatic carbocycles. The molecule has 1 aliphatic heterocycles. The van der Waals surface area contributed by atoms with Gasteiger partial charge in [-0.25, -0.2) is 8.42 Å². The summed E-state index contributed by atoms with van der Waals surface area (Å²) in [7, 11) is -3.57. The van der Waals surface area contributed by atoms with Crippen molar-refractivity contribution in [1.29, 1.82) is 0 Å². The number of aryl methyl sites for hydroxylation is 1. The van der Waals surface area contributed by atoms with Crippen LogP contribution in [0.15, 0.2) is 64.2 Å². The Hall–Kier alpha value is -2.84. The van der Waals surface area contributed by atoms with Crippen LogP contribution >= 0.6 is 11.3 Å². The van der Waals surface area contributed by atoms with Crippen molar-refractivity contribution in [2.75, 3.05) is 22.8 Å². The van der Waals surface area contributed by atoms with Crippen LogP contribution in [0.2, 0.25) is 0 Å². The molecule has 156 valence electrons. The fourth-order valence-electron chi connectivity index (χ4n) is 3.54. The largest absolute Gasteiger partial charge is 0.493 e. The van der Waals surface area contributed by atoms with Crippen molar-refractivity contribution in [1.82, 2.24) is 0 Å².